The average Bonchev–Trinajstić information content (AvgIpc) is 2.92. The Bertz CT molecular complexity index is 478. The van der Waals surface area contributed by atoms with E-state index in [1.54, 1.807) is 0 Å². The highest BCUT2D eigenvalue weighted by molar-refractivity contribution is 6.30. The molecular formula is C16H24ClN3O. The van der Waals surface area contributed by atoms with Crippen LogP contribution in [0.25, 0.3) is 0 Å². The second-order valence-corrected chi connectivity index (χ2v) is 6.30. The minimum absolute atomic E-state index is 0.100. The van der Waals surface area contributed by atoms with Crippen molar-refractivity contribution in [3.05, 3.63) is 34.9 Å². The Balaban J connectivity index is 1.66. The number of rotatable bonds is 6. The molecule has 0 aromatic heterocycles. The van der Waals surface area contributed by atoms with Crippen molar-refractivity contribution in [2.45, 2.75) is 25.4 Å². The minimum Gasteiger partial charge on any atom is -0.352 e. The normalized spacial score (nSPS) is 19.1. The van der Waals surface area contributed by atoms with Crippen molar-refractivity contribution in [1.29, 1.82) is 0 Å². The summed E-state index contributed by atoms with van der Waals surface area (Å²) in [5.41, 5.74) is 1.03. The molecule has 0 radical (unpaired) electrons. The quantitative estimate of drug-likeness (QED) is 0.873. The molecule has 1 aliphatic heterocycles. The molecular weight excluding hydrogens is 286 g/mol. The van der Waals surface area contributed by atoms with Gasteiger partial charge in [-0.25, -0.2) is 0 Å². The summed E-state index contributed by atoms with van der Waals surface area (Å²) in [5, 5.41) is 3.65. The van der Waals surface area contributed by atoms with Gasteiger partial charge in [0.15, 0.2) is 0 Å². The third-order valence-electron chi connectivity index (χ3n) is 4.01. The van der Waals surface area contributed by atoms with Crippen molar-refractivity contribution in [2.75, 3.05) is 33.7 Å². The summed E-state index contributed by atoms with van der Waals surface area (Å²) in [4.78, 5) is 16.5. The third kappa shape index (κ3) is 5.30. The fraction of sp³-hybridized carbons (Fsp3) is 0.562. The summed E-state index contributed by atoms with van der Waals surface area (Å²) in [7, 11) is 4.23. The highest BCUT2D eigenvalue weighted by atomic mass is 35.5. The molecule has 5 heteroatoms. The van der Waals surface area contributed by atoms with Crippen molar-refractivity contribution in [3.8, 4) is 0 Å². The minimum atomic E-state index is 0.100. The van der Waals surface area contributed by atoms with E-state index >= 15 is 0 Å². The molecule has 1 aliphatic rings. The smallest absolute Gasteiger partial charge is 0.221 e. The zero-order valence-corrected chi connectivity index (χ0v) is 13.6. The first kappa shape index (κ1) is 16.3. The molecule has 1 saturated heterocycles. The monoisotopic (exact) mass is 309 g/mol. The molecule has 2 rings (SSSR count). The van der Waals surface area contributed by atoms with Crippen molar-refractivity contribution in [2.24, 2.45) is 0 Å². The highest BCUT2D eigenvalue weighted by Gasteiger charge is 2.23. The van der Waals surface area contributed by atoms with Crippen LogP contribution in [0.3, 0.4) is 0 Å². The van der Waals surface area contributed by atoms with Crippen LogP contribution >= 0.6 is 11.6 Å². The van der Waals surface area contributed by atoms with E-state index in [0.29, 0.717) is 24.0 Å². The van der Waals surface area contributed by atoms with Gasteiger partial charge in [-0.3, -0.25) is 4.79 Å². The van der Waals surface area contributed by atoms with Gasteiger partial charge in [0.2, 0.25) is 5.91 Å². The van der Waals surface area contributed by atoms with E-state index in [-0.39, 0.29) is 5.91 Å². The lowest BCUT2D eigenvalue weighted by atomic mass is 10.2. The van der Waals surface area contributed by atoms with Gasteiger partial charge in [0.05, 0.1) is 0 Å². The average molecular weight is 310 g/mol. The lowest BCUT2D eigenvalue weighted by Gasteiger charge is -2.20. The van der Waals surface area contributed by atoms with Crippen molar-refractivity contribution < 1.29 is 4.79 Å². The van der Waals surface area contributed by atoms with Crippen LogP contribution in [-0.4, -0.2) is 55.5 Å². The van der Waals surface area contributed by atoms with Gasteiger partial charge < -0.3 is 15.1 Å². The molecule has 1 aromatic rings. The van der Waals surface area contributed by atoms with Gasteiger partial charge in [0.25, 0.3) is 0 Å². The summed E-state index contributed by atoms with van der Waals surface area (Å²) in [5.74, 6) is 0.100. The number of likely N-dealkylation sites (tertiary alicyclic amines) is 1. The Morgan fingerprint density at radius 1 is 1.48 bits per heavy atom. The number of nitrogens with zero attached hydrogens (tertiary/aromatic N) is 2. The van der Waals surface area contributed by atoms with Gasteiger partial charge in [-0.2, -0.15) is 0 Å². The molecule has 0 aliphatic carbocycles. The Morgan fingerprint density at radius 2 is 2.29 bits per heavy atom. The van der Waals surface area contributed by atoms with Gasteiger partial charge in [0, 0.05) is 37.1 Å². The van der Waals surface area contributed by atoms with E-state index in [1.807, 2.05) is 24.3 Å². The predicted octanol–water partition coefficient (Wildman–Crippen LogP) is 1.98. The molecule has 1 heterocycles. The summed E-state index contributed by atoms with van der Waals surface area (Å²) in [6.45, 7) is 3.53. The third-order valence-corrected chi connectivity index (χ3v) is 4.25. The van der Waals surface area contributed by atoms with Crippen LogP contribution in [0.15, 0.2) is 24.3 Å². The van der Waals surface area contributed by atoms with E-state index in [0.717, 1.165) is 25.2 Å². The molecule has 0 spiro atoms. The molecule has 0 bridgehead atoms. The van der Waals surface area contributed by atoms with Crippen LogP contribution in [0, 0.1) is 0 Å². The Kier molecular flexibility index (Phi) is 6.03. The number of carbonyl (C=O) groups excluding carboxylic acids is 1. The SMILES string of the molecule is CN(C)C1CCN(CCC(=O)NCc2cccc(Cl)c2)C1. The van der Waals surface area contributed by atoms with Crippen LogP contribution in [0.5, 0.6) is 0 Å². The fourth-order valence-corrected chi connectivity index (χ4v) is 2.85. The van der Waals surface area contributed by atoms with Crippen LogP contribution in [0.4, 0.5) is 0 Å². The second kappa shape index (κ2) is 7.78. The van der Waals surface area contributed by atoms with Crippen LogP contribution in [0.1, 0.15) is 18.4 Å². The Morgan fingerprint density at radius 3 is 2.95 bits per heavy atom. The summed E-state index contributed by atoms with van der Waals surface area (Å²) >= 11 is 5.92. The fourth-order valence-electron chi connectivity index (χ4n) is 2.63. The first-order chi connectivity index (χ1) is 10.0. The first-order valence-corrected chi connectivity index (χ1v) is 7.82. The molecule has 4 nitrogen and oxygen atoms in total. The van der Waals surface area contributed by atoms with Gasteiger partial charge in [0.1, 0.15) is 0 Å². The number of benzene rings is 1. The Labute approximate surface area is 132 Å². The first-order valence-electron chi connectivity index (χ1n) is 7.44. The molecule has 1 N–H and O–H groups in total. The molecule has 1 atom stereocenters. The number of nitrogens with one attached hydrogen (secondary N) is 1. The van der Waals surface area contributed by atoms with E-state index in [1.165, 1.54) is 6.42 Å². The number of hydrogen-bond acceptors (Lipinski definition) is 3. The number of likely N-dealkylation sites (N-methyl/N-ethyl adjacent to an activating group) is 1. The topological polar surface area (TPSA) is 35.6 Å². The lowest BCUT2D eigenvalue weighted by Crippen LogP contribution is -2.33. The lowest BCUT2D eigenvalue weighted by molar-refractivity contribution is -0.121. The second-order valence-electron chi connectivity index (χ2n) is 5.86. The number of hydrogen-bond donors (Lipinski definition) is 1. The van der Waals surface area contributed by atoms with Crippen LogP contribution in [-0.2, 0) is 11.3 Å². The van der Waals surface area contributed by atoms with Crippen LogP contribution < -0.4 is 5.32 Å². The van der Waals surface area contributed by atoms with Crippen molar-refractivity contribution >= 4 is 17.5 Å². The molecule has 116 valence electrons. The van der Waals surface area contributed by atoms with Gasteiger partial charge in [-0.1, -0.05) is 23.7 Å². The van der Waals surface area contributed by atoms with Crippen LogP contribution in [0.2, 0.25) is 5.02 Å². The maximum Gasteiger partial charge on any atom is 0.221 e. The van der Waals surface area contributed by atoms with Crippen molar-refractivity contribution in [1.82, 2.24) is 15.1 Å². The molecule has 1 fully saturated rings. The molecule has 21 heavy (non-hydrogen) atoms. The Hall–Kier alpha value is -1.10. The highest BCUT2D eigenvalue weighted by Crippen LogP contribution is 2.13. The molecule has 1 unspecified atom stereocenters. The number of amides is 1. The van der Waals surface area contributed by atoms with E-state index in [2.05, 4.69) is 29.2 Å². The maximum atomic E-state index is 11.9. The number of halogens is 1. The summed E-state index contributed by atoms with van der Waals surface area (Å²) in [6, 6.07) is 8.20. The van der Waals surface area contributed by atoms with Gasteiger partial charge in [-0.05, 0) is 44.8 Å². The van der Waals surface area contributed by atoms with Gasteiger partial charge in [-0.15, -0.1) is 0 Å². The zero-order valence-electron chi connectivity index (χ0n) is 12.8. The molecule has 1 amide bonds. The standard InChI is InChI=1S/C16H24ClN3O/c1-19(2)15-6-8-20(12-15)9-7-16(21)18-11-13-4-3-5-14(17)10-13/h3-5,10,15H,6-9,11-12H2,1-2H3,(H,18,21). The predicted molar refractivity (Wildman–Crippen MR) is 86.4 cm³/mol. The molecule has 1 aromatic carbocycles. The molecule has 0 saturated carbocycles. The van der Waals surface area contributed by atoms with E-state index < -0.39 is 0 Å². The largest absolute Gasteiger partial charge is 0.352 e. The summed E-state index contributed by atoms with van der Waals surface area (Å²) < 4.78 is 0. The number of carbonyl (C=O) groups is 1. The van der Waals surface area contributed by atoms with Gasteiger partial charge >= 0.3 is 0 Å². The van der Waals surface area contributed by atoms with E-state index in [9.17, 15) is 4.79 Å². The summed E-state index contributed by atoms with van der Waals surface area (Å²) in [6.07, 6.45) is 1.75. The maximum absolute atomic E-state index is 11.9. The van der Waals surface area contributed by atoms with Crippen molar-refractivity contribution in [3.63, 3.8) is 0 Å². The zero-order chi connectivity index (χ0) is 15.2. The van der Waals surface area contributed by atoms with E-state index in [4.69, 9.17) is 11.6 Å².